The molecule has 1 aromatic rings. The van der Waals surface area contributed by atoms with Crippen molar-refractivity contribution in [2.75, 3.05) is 6.54 Å². The zero-order valence-corrected chi connectivity index (χ0v) is 11.8. The van der Waals surface area contributed by atoms with Gasteiger partial charge in [-0.1, -0.05) is 6.92 Å². The maximum Gasteiger partial charge on any atom is 0.221 e. The zero-order valence-electron chi connectivity index (χ0n) is 11.8. The van der Waals surface area contributed by atoms with Gasteiger partial charge in [0.05, 0.1) is 6.20 Å². The molecule has 0 bridgehead atoms. The summed E-state index contributed by atoms with van der Waals surface area (Å²) >= 11 is 0. The number of carbonyl (C=O) groups excluding carboxylic acids is 1. The molecule has 1 heterocycles. The summed E-state index contributed by atoms with van der Waals surface area (Å²) in [6.07, 6.45) is 3.35. The van der Waals surface area contributed by atoms with Crippen LogP contribution in [0.1, 0.15) is 37.9 Å². The van der Waals surface area contributed by atoms with Crippen molar-refractivity contribution >= 4 is 5.91 Å². The molecule has 0 radical (unpaired) electrons. The van der Waals surface area contributed by atoms with Gasteiger partial charge in [-0.3, -0.25) is 9.48 Å². The van der Waals surface area contributed by atoms with E-state index in [-0.39, 0.29) is 11.9 Å². The maximum absolute atomic E-state index is 11.5. The first-order valence-corrected chi connectivity index (χ1v) is 6.52. The summed E-state index contributed by atoms with van der Waals surface area (Å²) in [5, 5.41) is 10.4. The van der Waals surface area contributed by atoms with Crippen LogP contribution in [-0.4, -0.2) is 28.3 Å². The number of carbonyl (C=O) groups is 1. The van der Waals surface area contributed by atoms with Gasteiger partial charge in [0.1, 0.15) is 0 Å². The van der Waals surface area contributed by atoms with Crippen molar-refractivity contribution in [1.29, 1.82) is 0 Å². The van der Waals surface area contributed by atoms with Crippen molar-refractivity contribution in [2.24, 2.45) is 7.05 Å². The fourth-order valence-electron chi connectivity index (χ4n) is 1.59. The summed E-state index contributed by atoms with van der Waals surface area (Å²) in [5.74, 6) is 0.111. The predicted molar refractivity (Wildman–Crippen MR) is 72.2 cm³/mol. The Morgan fingerprint density at radius 2 is 2.28 bits per heavy atom. The van der Waals surface area contributed by atoms with Gasteiger partial charge >= 0.3 is 0 Å². The highest BCUT2D eigenvalue weighted by Crippen LogP contribution is 2.04. The van der Waals surface area contributed by atoms with E-state index in [1.807, 2.05) is 31.8 Å². The lowest BCUT2D eigenvalue weighted by atomic mass is 10.2. The van der Waals surface area contributed by atoms with Crippen molar-refractivity contribution in [1.82, 2.24) is 20.4 Å². The lowest BCUT2D eigenvalue weighted by Gasteiger charge is -2.11. The van der Waals surface area contributed by atoms with E-state index in [0.717, 1.165) is 18.7 Å². The highest BCUT2D eigenvalue weighted by Gasteiger charge is 2.06. The van der Waals surface area contributed by atoms with Gasteiger partial charge in [0.15, 0.2) is 0 Å². The highest BCUT2D eigenvalue weighted by molar-refractivity contribution is 5.76. The Hall–Kier alpha value is -1.36. The molecule has 1 rings (SSSR count). The van der Waals surface area contributed by atoms with Crippen LogP contribution in [0.5, 0.6) is 0 Å². The van der Waals surface area contributed by atoms with Gasteiger partial charge < -0.3 is 10.6 Å². The van der Waals surface area contributed by atoms with E-state index in [2.05, 4.69) is 22.7 Å². The first-order chi connectivity index (χ1) is 8.54. The molecular weight excluding hydrogens is 228 g/mol. The number of hydrogen-bond acceptors (Lipinski definition) is 3. The van der Waals surface area contributed by atoms with E-state index >= 15 is 0 Å². The van der Waals surface area contributed by atoms with Crippen LogP contribution < -0.4 is 10.6 Å². The molecular formula is C13H24N4O. The Kier molecular flexibility index (Phi) is 5.85. The van der Waals surface area contributed by atoms with Crippen LogP contribution in [0.15, 0.2) is 6.20 Å². The Bertz CT molecular complexity index is 386. The Morgan fingerprint density at radius 3 is 2.83 bits per heavy atom. The van der Waals surface area contributed by atoms with E-state index in [9.17, 15) is 4.79 Å². The quantitative estimate of drug-likeness (QED) is 0.715. The minimum atomic E-state index is 0.111. The summed E-state index contributed by atoms with van der Waals surface area (Å²) in [4.78, 5) is 11.5. The van der Waals surface area contributed by atoms with Crippen LogP contribution in [0.2, 0.25) is 0 Å². The third kappa shape index (κ3) is 4.49. The van der Waals surface area contributed by atoms with Crippen molar-refractivity contribution in [3.63, 3.8) is 0 Å². The molecule has 0 aliphatic heterocycles. The van der Waals surface area contributed by atoms with Crippen LogP contribution in [0.3, 0.4) is 0 Å². The van der Waals surface area contributed by atoms with Crippen LogP contribution in [-0.2, 0) is 18.4 Å². The molecule has 0 aromatic carbocycles. The normalized spacial score (nSPS) is 12.4. The van der Waals surface area contributed by atoms with Crippen LogP contribution in [0, 0.1) is 6.92 Å². The highest BCUT2D eigenvalue weighted by atomic mass is 16.1. The molecule has 0 aliphatic rings. The average Bonchev–Trinajstić information content (AvgIpc) is 2.66. The number of amides is 1. The number of aryl methyl sites for hydroxylation is 1. The van der Waals surface area contributed by atoms with E-state index in [4.69, 9.17) is 0 Å². The van der Waals surface area contributed by atoms with Crippen LogP contribution in [0.4, 0.5) is 0 Å². The second kappa shape index (κ2) is 7.16. The molecule has 0 spiro atoms. The van der Waals surface area contributed by atoms with Gasteiger partial charge in [0.2, 0.25) is 5.91 Å². The molecule has 2 N–H and O–H groups in total. The van der Waals surface area contributed by atoms with Crippen molar-refractivity contribution in [3.05, 3.63) is 17.5 Å². The minimum Gasteiger partial charge on any atom is -0.354 e. The first-order valence-electron chi connectivity index (χ1n) is 6.52. The predicted octanol–water partition coefficient (Wildman–Crippen LogP) is 1.12. The molecule has 18 heavy (non-hydrogen) atoms. The van der Waals surface area contributed by atoms with Gasteiger partial charge in [-0.25, -0.2) is 0 Å². The van der Waals surface area contributed by atoms with Crippen LogP contribution >= 0.6 is 0 Å². The monoisotopic (exact) mass is 252 g/mol. The molecule has 0 saturated heterocycles. The van der Waals surface area contributed by atoms with E-state index < -0.39 is 0 Å². The lowest BCUT2D eigenvalue weighted by Crippen LogP contribution is -2.33. The van der Waals surface area contributed by atoms with Gasteiger partial charge in [-0.05, 0) is 20.3 Å². The van der Waals surface area contributed by atoms with Gasteiger partial charge in [0, 0.05) is 43.9 Å². The largest absolute Gasteiger partial charge is 0.354 e. The molecule has 102 valence electrons. The topological polar surface area (TPSA) is 59.0 Å². The molecule has 5 heteroatoms. The molecule has 1 atom stereocenters. The SMILES string of the molecule is CCC(C)NC(=O)CCNCc1cnn(C)c1C. The summed E-state index contributed by atoms with van der Waals surface area (Å²) in [6.45, 7) is 7.57. The van der Waals surface area contributed by atoms with Crippen molar-refractivity contribution < 1.29 is 4.79 Å². The fourth-order valence-corrected chi connectivity index (χ4v) is 1.59. The molecule has 0 saturated carbocycles. The second-order valence-electron chi connectivity index (χ2n) is 4.68. The summed E-state index contributed by atoms with van der Waals surface area (Å²) in [6, 6.07) is 0.262. The van der Waals surface area contributed by atoms with Crippen LogP contribution in [0.25, 0.3) is 0 Å². The second-order valence-corrected chi connectivity index (χ2v) is 4.68. The molecule has 1 amide bonds. The first kappa shape index (κ1) is 14.7. The third-order valence-electron chi connectivity index (χ3n) is 3.20. The maximum atomic E-state index is 11.5. The molecule has 1 unspecified atom stereocenters. The number of hydrogen-bond donors (Lipinski definition) is 2. The third-order valence-corrected chi connectivity index (χ3v) is 3.20. The van der Waals surface area contributed by atoms with E-state index in [1.54, 1.807) is 0 Å². The Balaban J connectivity index is 2.19. The van der Waals surface area contributed by atoms with Crippen molar-refractivity contribution in [3.8, 4) is 0 Å². The summed E-state index contributed by atoms with van der Waals surface area (Å²) in [5.41, 5.74) is 2.34. The number of aromatic nitrogens is 2. The zero-order chi connectivity index (χ0) is 13.5. The summed E-state index contributed by atoms with van der Waals surface area (Å²) in [7, 11) is 1.93. The average molecular weight is 252 g/mol. The van der Waals surface area contributed by atoms with E-state index in [0.29, 0.717) is 13.0 Å². The van der Waals surface area contributed by atoms with Gasteiger partial charge in [-0.2, -0.15) is 5.10 Å². The Morgan fingerprint density at radius 1 is 1.56 bits per heavy atom. The van der Waals surface area contributed by atoms with E-state index in [1.165, 1.54) is 5.56 Å². The minimum absolute atomic E-state index is 0.111. The fraction of sp³-hybridized carbons (Fsp3) is 0.692. The van der Waals surface area contributed by atoms with Crippen molar-refractivity contribution in [2.45, 2.75) is 46.2 Å². The number of nitrogens with one attached hydrogen (secondary N) is 2. The smallest absolute Gasteiger partial charge is 0.221 e. The summed E-state index contributed by atoms with van der Waals surface area (Å²) < 4.78 is 1.85. The Labute approximate surface area is 109 Å². The molecule has 0 fully saturated rings. The number of nitrogens with zero attached hydrogens (tertiary/aromatic N) is 2. The van der Waals surface area contributed by atoms with Gasteiger partial charge in [0.25, 0.3) is 0 Å². The standard InChI is InChI=1S/C13H24N4O/c1-5-10(2)16-13(18)6-7-14-8-12-9-15-17(4)11(12)3/h9-10,14H,5-8H2,1-4H3,(H,16,18). The molecule has 0 aliphatic carbocycles. The lowest BCUT2D eigenvalue weighted by molar-refractivity contribution is -0.121. The van der Waals surface area contributed by atoms with Gasteiger partial charge in [-0.15, -0.1) is 0 Å². The number of rotatable bonds is 7. The molecule has 5 nitrogen and oxygen atoms in total. The molecule has 1 aromatic heterocycles.